The van der Waals surface area contributed by atoms with E-state index >= 15 is 0 Å². The molecule has 0 bridgehead atoms. The van der Waals surface area contributed by atoms with Crippen LogP contribution in [0.2, 0.25) is 0 Å². The van der Waals surface area contributed by atoms with Crippen LogP contribution in [0.15, 0.2) is 4.42 Å². The first kappa shape index (κ1) is 16.3. The van der Waals surface area contributed by atoms with E-state index in [1.54, 1.807) is 0 Å². The van der Waals surface area contributed by atoms with Crippen molar-refractivity contribution in [2.45, 2.75) is 51.3 Å². The second-order valence-corrected chi connectivity index (χ2v) is 5.90. The molecule has 0 unspecified atom stereocenters. The largest absolute Gasteiger partial charge is 0.407 e. The zero-order valence-corrected chi connectivity index (χ0v) is 13.3. The van der Waals surface area contributed by atoms with E-state index in [0.717, 1.165) is 32.4 Å². The number of nitrogens with zero attached hydrogens (tertiary/aromatic N) is 2. The van der Waals surface area contributed by atoms with Crippen molar-refractivity contribution in [2.24, 2.45) is 0 Å². The van der Waals surface area contributed by atoms with Crippen molar-refractivity contribution in [2.75, 3.05) is 24.7 Å². The van der Waals surface area contributed by atoms with Gasteiger partial charge in [0.1, 0.15) is 0 Å². The van der Waals surface area contributed by atoms with Crippen molar-refractivity contribution >= 4 is 17.8 Å². The molecular formula is C13H26N4OS. The molecule has 0 aliphatic carbocycles. The predicted octanol–water partition coefficient (Wildman–Crippen LogP) is 2.90. The standard InChI is InChI=1S/C13H26N4OS/c1-5-8-14-9-11-16-17-12(18-11)15-10-13(6-2,7-3)19-4/h14H,5-10H2,1-4H3,(H,15,17). The van der Waals surface area contributed by atoms with Gasteiger partial charge in [-0.3, -0.25) is 0 Å². The van der Waals surface area contributed by atoms with Crippen molar-refractivity contribution < 1.29 is 4.42 Å². The SMILES string of the molecule is CCCNCc1nnc(NCC(CC)(CC)SC)o1. The lowest BCUT2D eigenvalue weighted by Crippen LogP contribution is -2.32. The number of anilines is 1. The maximum atomic E-state index is 5.55. The van der Waals surface area contributed by atoms with E-state index in [1.165, 1.54) is 0 Å². The summed E-state index contributed by atoms with van der Waals surface area (Å²) in [6.07, 6.45) is 5.50. The van der Waals surface area contributed by atoms with E-state index in [1.807, 2.05) is 11.8 Å². The Kier molecular flexibility index (Phi) is 7.23. The van der Waals surface area contributed by atoms with Crippen LogP contribution in [0.25, 0.3) is 0 Å². The molecule has 1 aromatic rings. The van der Waals surface area contributed by atoms with Gasteiger partial charge in [0.15, 0.2) is 0 Å². The maximum absolute atomic E-state index is 5.55. The number of aromatic nitrogens is 2. The fourth-order valence-corrected chi connectivity index (χ4v) is 2.66. The van der Waals surface area contributed by atoms with Gasteiger partial charge in [-0.1, -0.05) is 25.9 Å². The smallest absolute Gasteiger partial charge is 0.315 e. The molecule has 110 valence electrons. The summed E-state index contributed by atoms with van der Waals surface area (Å²) in [4.78, 5) is 0. The highest BCUT2D eigenvalue weighted by Crippen LogP contribution is 2.30. The average Bonchev–Trinajstić information content (AvgIpc) is 2.89. The Bertz CT molecular complexity index is 344. The van der Waals surface area contributed by atoms with Crippen molar-refractivity contribution in [3.05, 3.63) is 5.89 Å². The monoisotopic (exact) mass is 286 g/mol. The molecule has 0 aliphatic heterocycles. The molecule has 0 amide bonds. The minimum absolute atomic E-state index is 0.245. The summed E-state index contributed by atoms with van der Waals surface area (Å²) in [5.74, 6) is 0.638. The number of thioether (sulfide) groups is 1. The summed E-state index contributed by atoms with van der Waals surface area (Å²) < 4.78 is 5.80. The van der Waals surface area contributed by atoms with E-state index in [4.69, 9.17) is 4.42 Å². The number of hydrogen-bond donors (Lipinski definition) is 2. The predicted molar refractivity (Wildman–Crippen MR) is 81.6 cm³/mol. The second kappa shape index (κ2) is 8.43. The van der Waals surface area contributed by atoms with Gasteiger partial charge in [0.05, 0.1) is 6.54 Å². The molecule has 0 aliphatic rings. The van der Waals surface area contributed by atoms with Crippen LogP contribution < -0.4 is 10.6 Å². The van der Waals surface area contributed by atoms with Crippen LogP contribution in [-0.2, 0) is 6.54 Å². The lowest BCUT2D eigenvalue weighted by atomic mass is 10.0. The summed E-state index contributed by atoms with van der Waals surface area (Å²) in [5, 5.41) is 14.5. The second-order valence-electron chi connectivity index (χ2n) is 4.63. The first-order valence-corrected chi connectivity index (χ1v) is 8.24. The minimum atomic E-state index is 0.245. The van der Waals surface area contributed by atoms with Gasteiger partial charge in [0.2, 0.25) is 5.89 Å². The highest BCUT2D eigenvalue weighted by Gasteiger charge is 2.25. The Balaban J connectivity index is 2.45. The fraction of sp³-hybridized carbons (Fsp3) is 0.846. The third-order valence-corrected chi connectivity index (χ3v) is 5.04. The molecule has 1 heterocycles. The maximum Gasteiger partial charge on any atom is 0.315 e. The van der Waals surface area contributed by atoms with Gasteiger partial charge in [-0.2, -0.15) is 11.8 Å². The van der Waals surface area contributed by atoms with Crippen molar-refractivity contribution in [3.63, 3.8) is 0 Å². The Labute approximate surface area is 120 Å². The topological polar surface area (TPSA) is 63.0 Å². The van der Waals surface area contributed by atoms with E-state index in [9.17, 15) is 0 Å². The van der Waals surface area contributed by atoms with E-state index < -0.39 is 0 Å². The van der Waals surface area contributed by atoms with Crippen LogP contribution in [0.1, 0.15) is 45.9 Å². The normalized spacial score (nSPS) is 11.8. The first-order chi connectivity index (χ1) is 9.19. The van der Waals surface area contributed by atoms with Crippen molar-refractivity contribution in [1.29, 1.82) is 0 Å². The average molecular weight is 286 g/mol. The Morgan fingerprint density at radius 2 is 1.95 bits per heavy atom. The molecule has 5 nitrogen and oxygen atoms in total. The zero-order valence-electron chi connectivity index (χ0n) is 12.5. The van der Waals surface area contributed by atoms with E-state index in [0.29, 0.717) is 18.5 Å². The van der Waals surface area contributed by atoms with Gasteiger partial charge in [0.25, 0.3) is 0 Å². The van der Waals surface area contributed by atoms with E-state index in [-0.39, 0.29) is 4.75 Å². The van der Waals surface area contributed by atoms with Gasteiger partial charge < -0.3 is 15.1 Å². The number of rotatable bonds is 10. The summed E-state index contributed by atoms with van der Waals surface area (Å²) in [6.45, 7) is 9.02. The van der Waals surface area contributed by atoms with Crippen LogP contribution >= 0.6 is 11.8 Å². The van der Waals surface area contributed by atoms with Crippen LogP contribution in [0, 0.1) is 0 Å². The van der Waals surface area contributed by atoms with Crippen LogP contribution in [0.4, 0.5) is 6.01 Å². The molecule has 0 saturated carbocycles. The molecule has 0 radical (unpaired) electrons. The first-order valence-electron chi connectivity index (χ1n) is 7.01. The Morgan fingerprint density at radius 1 is 1.21 bits per heavy atom. The quantitative estimate of drug-likeness (QED) is 0.645. The number of hydrogen-bond acceptors (Lipinski definition) is 6. The van der Waals surface area contributed by atoms with Crippen LogP contribution in [-0.4, -0.2) is 34.3 Å². The lowest BCUT2D eigenvalue weighted by Gasteiger charge is -2.29. The van der Waals surface area contributed by atoms with Crippen molar-refractivity contribution in [3.8, 4) is 0 Å². The molecule has 1 rings (SSSR count). The molecule has 2 N–H and O–H groups in total. The Hall–Kier alpha value is -0.750. The van der Waals surface area contributed by atoms with Crippen LogP contribution in [0.3, 0.4) is 0 Å². The van der Waals surface area contributed by atoms with Crippen LogP contribution in [0.5, 0.6) is 0 Å². The summed E-state index contributed by atoms with van der Waals surface area (Å²) >= 11 is 1.90. The summed E-state index contributed by atoms with van der Waals surface area (Å²) in [7, 11) is 0. The molecule has 6 heteroatoms. The van der Waals surface area contributed by atoms with Gasteiger partial charge in [-0.05, 0) is 32.1 Å². The molecule has 0 fully saturated rings. The highest BCUT2D eigenvalue weighted by molar-refractivity contribution is 8.00. The molecule has 0 saturated heterocycles. The third kappa shape index (κ3) is 5.03. The third-order valence-electron chi connectivity index (χ3n) is 3.45. The number of nitrogens with one attached hydrogen (secondary N) is 2. The molecule has 0 atom stereocenters. The van der Waals surface area contributed by atoms with Crippen molar-refractivity contribution in [1.82, 2.24) is 15.5 Å². The molecule has 0 spiro atoms. The molecule has 0 aromatic carbocycles. The highest BCUT2D eigenvalue weighted by atomic mass is 32.2. The van der Waals surface area contributed by atoms with Gasteiger partial charge >= 0.3 is 6.01 Å². The van der Waals surface area contributed by atoms with Gasteiger partial charge in [-0.25, -0.2) is 0 Å². The van der Waals surface area contributed by atoms with E-state index in [2.05, 4.69) is 47.9 Å². The minimum Gasteiger partial charge on any atom is -0.407 e. The summed E-state index contributed by atoms with van der Waals surface area (Å²) in [6, 6.07) is 0.522. The van der Waals surface area contributed by atoms with Gasteiger partial charge in [-0.15, -0.1) is 5.10 Å². The van der Waals surface area contributed by atoms with Gasteiger partial charge in [0, 0.05) is 11.3 Å². The Morgan fingerprint density at radius 3 is 2.53 bits per heavy atom. The molecule has 19 heavy (non-hydrogen) atoms. The fourth-order valence-electron chi connectivity index (χ4n) is 1.87. The molecular weight excluding hydrogens is 260 g/mol. The summed E-state index contributed by atoms with van der Waals surface area (Å²) in [5.41, 5.74) is 0. The lowest BCUT2D eigenvalue weighted by molar-refractivity contribution is 0.472. The molecule has 1 aromatic heterocycles. The zero-order chi connectivity index (χ0) is 14.1.